The van der Waals surface area contributed by atoms with Gasteiger partial charge in [0, 0.05) is 25.4 Å². The number of nitrogens with one attached hydrogen (secondary N) is 2. The zero-order valence-corrected chi connectivity index (χ0v) is 11.3. The van der Waals surface area contributed by atoms with Gasteiger partial charge in [0.15, 0.2) is 0 Å². The maximum absolute atomic E-state index is 11.7. The summed E-state index contributed by atoms with van der Waals surface area (Å²) in [6, 6.07) is 0.344. The van der Waals surface area contributed by atoms with Crippen molar-refractivity contribution in [1.82, 2.24) is 10.6 Å². The number of carbonyl (C=O) groups is 1. The molecule has 2 aliphatic rings. The molecule has 1 atom stereocenters. The summed E-state index contributed by atoms with van der Waals surface area (Å²) in [6.45, 7) is 0.620. The van der Waals surface area contributed by atoms with Gasteiger partial charge >= 0.3 is 6.03 Å². The minimum absolute atomic E-state index is 0.0368. The van der Waals surface area contributed by atoms with Crippen molar-refractivity contribution in [2.24, 2.45) is 0 Å². The zero-order chi connectivity index (χ0) is 12.1. The molecule has 0 aromatic carbocycles. The Morgan fingerprint density at radius 1 is 1.47 bits per heavy atom. The molecule has 2 rings (SSSR count). The molecule has 5 heteroatoms. The molecule has 17 heavy (non-hydrogen) atoms. The zero-order valence-electron chi connectivity index (χ0n) is 10.5. The normalized spacial score (nSPS) is 29.5. The molecule has 1 aliphatic carbocycles. The summed E-state index contributed by atoms with van der Waals surface area (Å²) in [4.78, 5) is 11.7. The van der Waals surface area contributed by atoms with E-state index in [0.717, 1.165) is 30.8 Å². The summed E-state index contributed by atoms with van der Waals surface area (Å²) in [7, 11) is 1.74. The highest BCUT2D eigenvalue weighted by atomic mass is 32.2. The lowest BCUT2D eigenvalue weighted by molar-refractivity contribution is 0.0157. The summed E-state index contributed by atoms with van der Waals surface area (Å²) < 4.78 is 5.56. The molecule has 1 aliphatic heterocycles. The molecule has 0 bridgehead atoms. The molecule has 4 nitrogen and oxygen atoms in total. The summed E-state index contributed by atoms with van der Waals surface area (Å²) in [5.41, 5.74) is -0.141. The number of hydrogen-bond acceptors (Lipinski definition) is 3. The molecule has 2 amide bonds. The van der Waals surface area contributed by atoms with Crippen molar-refractivity contribution in [2.75, 3.05) is 25.2 Å². The number of hydrogen-bond donors (Lipinski definition) is 2. The fourth-order valence-electron chi connectivity index (χ4n) is 2.51. The predicted octanol–water partition coefficient (Wildman–Crippen LogP) is 1.75. The molecule has 0 spiro atoms. The Labute approximate surface area is 107 Å². The lowest BCUT2D eigenvalue weighted by Crippen LogP contribution is -2.49. The molecule has 0 radical (unpaired) electrons. The molecule has 1 saturated heterocycles. The van der Waals surface area contributed by atoms with Gasteiger partial charge in [-0.25, -0.2) is 4.79 Å². The minimum atomic E-state index is -0.141. The molecule has 2 N–H and O–H groups in total. The van der Waals surface area contributed by atoms with Crippen molar-refractivity contribution >= 4 is 17.8 Å². The highest BCUT2D eigenvalue weighted by Crippen LogP contribution is 2.30. The van der Waals surface area contributed by atoms with Crippen molar-refractivity contribution in [2.45, 2.75) is 43.7 Å². The standard InChI is InChI=1S/C12H22N2O2S/c1-16-12(6-7-17-9-12)8-13-11(15)14-10-4-2-3-5-10/h10H,2-9H2,1H3,(H2,13,14,15). The second kappa shape index (κ2) is 5.96. The number of ether oxygens (including phenoxy) is 1. The third kappa shape index (κ3) is 3.52. The average molecular weight is 258 g/mol. The number of urea groups is 1. The third-order valence-electron chi connectivity index (χ3n) is 3.76. The highest BCUT2D eigenvalue weighted by Gasteiger charge is 2.34. The Morgan fingerprint density at radius 2 is 2.24 bits per heavy atom. The van der Waals surface area contributed by atoms with Crippen molar-refractivity contribution in [3.8, 4) is 0 Å². The Hall–Kier alpha value is -0.420. The van der Waals surface area contributed by atoms with Gasteiger partial charge in [0.2, 0.25) is 0 Å². The highest BCUT2D eigenvalue weighted by molar-refractivity contribution is 7.99. The van der Waals surface area contributed by atoms with Crippen LogP contribution in [0.3, 0.4) is 0 Å². The van der Waals surface area contributed by atoms with Crippen LogP contribution in [0.1, 0.15) is 32.1 Å². The summed E-state index contributed by atoms with van der Waals surface area (Å²) in [5.74, 6) is 2.10. The van der Waals surface area contributed by atoms with Crippen molar-refractivity contribution in [3.05, 3.63) is 0 Å². The summed E-state index contributed by atoms with van der Waals surface area (Å²) in [5, 5.41) is 5.99. The summed E-state index contributed by atoms with van der Waals surface area (Å²) in [6.07, 6.45) is 5.75. The maximum Gasteiger partial charge on any atom is 0.315 e. The second-order valence-electron chi connectivity index (χ2n) is 5.00. The van der Waals surface area contributed by atoms with Gasteiger partial charge in [0.25, 0.3) is 0 Å². The first-order valence-electron chi connectivity index (χ1n) is 6.41. The van der Waals surface area contributed by atoms with Gasteiger partial charge in [-0.2, -0.15) is 11.8 Å². The van der Waals surface area contributed by atoms with E-state index < -0.39 is 0 Å². The van der Waals surface area contributed by atoms with Crippen LogP contribution in [0.25, 0.3) is 0 Å². The number of carbonyl (C=O) groups excluding carboxylic acids is 1. The first kappa shape index (κ1) is 13.0. The Balaban J connectivity index is 1.71. The van der Waals surface area contributed by atoms with E-state index in [2.05, 4.69) is 10.6 Å². The van der Waals surface area contributed by atoms with Crippen molar-refractivity contribution in [3.63, 3.8) is 0 Å². The van der Waals surface area contributed by atoms with Crippen LogP contribution in [0, 0.1) is 0 Å². The van der Waals surface area contributed by atoms with E-state index in [1.807, 2.05) is 11.8 Å². The van der Waals surface area contributed by atoms with Gasteiger partial charge in [0.1, 0.15) is 0 Å². The lowest BCUT2D eigenvalue weighted by Gasteiger charge is -2.27. The van der Waals surface area contributed by atoms with E-state index in [1.165, 1.54) is 12.8 Å². The van der Waals surface area contributed by atoms with Gasteiger partial charge in [-0.15, -0.1) is 0 Å². The van der Waals surface area contributed by atoms with E-state index in [-0.39, 0.29) is 11.6 Å². The van der Waals surface area contributed by atoms with Crippen molar-refractivity contribution < 1.29 is 9.53 Å². The number of amides is 2. The van der Waals surface area contributed by atoms with Crippen LogP contribution in [-0.2, 0) is 4.74 Å². The van der Waals surface area contributed by atoms with E-state index in [9.17, 15) is 4.79 Å². The topological polar surface area (TPSA) is 50.4 Å². The second-order valence-corrected chi connectivity index (χ2v) is 6.10. The number of thioether (sulfide) groups is 1. The fourth-order valence-corrected chi connectivity index (χ4v) is 3.91. The first-order valence-corrected chi connectivity index (χ1v) is 7.57. The third-order valence-corrected chi connectivity index (χ3v) is 4.98. The predicted molar refractivity (Wildman–Crippen MR) is 70.5 cm³/mol. The van der Waals surface area contributed by atoms with Crippen LogP contribution in [0.5, 0.6) is 0 Å². The van der Waals surface area contributed by atoms with E-state index >= 15 is 0 Å². The van der Waals surface area contributed by atoms with Crippen LogP contribution in [0.2, 0.25) is 0 Å². The van der Waals surface area contributed by atoms with Crippen LogP contribution < -0.4 is 10.6 Å². The maximum atomic E-state index is 11.7. The number of rotatable bonds is 4. The molecule has 1 heterocycles. The minimum Gasteiger partial charge on any atom is -0.376 e. The van der Waals surface area contributed by atoms with Gasteiger partial charge < -0.3 is 15.4 Å². The van der Waals surface area contributed by atoms with Gasteiger partial charge in [-0.1, -0.05) is 12.8 Å². The molecule has 0 aromatic heterocycles. The Bertz CT molecular complexity index is 261. The smallest absolute Gasteiger partial charge is 0.315 e. The molecule has 2 fully saturated rings. The molecule has 0 aromatic rings. The van der Waals surface area contributed by atoms with E-state index in [1.54, 1.807) is 7.11 Å². The van der Waals surface area contributed by atoms with E-state index in [0.29, 0.717) is 12.6 Å². The SMILES string of the molecule is COC1(CNC(=O)NC2CCCC2)CCSC1. The van der Waals surface area contributed by atoms with Crippen LogP contribution >= 0.6 is 11.8 Å². The first-order chi connectivity index (χ1) is 8.24. The Morgan fingerprint density at radius 3 is 2.82 bits per heavy atom. The molecular formula is C12H22N2O2S. The largest absolute Gasteiger partial charge is 0.376 e. The van der Waals surface area contributed by atoms with Gasteiger partial charge in [-0.05, 0) is 25.0 Å². The fraction of sp³-hybridized carbons (Fsp3) is 0.917. The van der Waals surface area contributed by atoms with Crippen LogP contribution in [0.15, 0.2) is 0 Å². The van der Waals surface area contributed by atoms with Crippen LogP contribution in [-0.4, -0.2) is 42.8 Å². The van der Waals surface area contributed by atoms with Gasteiger partial charge in [0.05, 0.1) is 5.60 Å². The quantitative estimate of drug-likeness (QED) is 0.807. The molecule has 1 unspecified atom stereocenters. The Kier molecular flexibility index (Phi) is 4.56. The van der Waals surface area contributed by atoms with E-state index in [4.69, 9.17) is 4.74 Å². The average Bonchev–Trinajstić information content (AvgIpc) is 2.98. The van der Waals surface area contributed by atoms with Crippen molar-refractivity contribution in [1.29, 1.82) is 0 Å². The molecule has 98 valence electrons. The molecule has 1 saturated carbocycles. The van der Waals surface area contributed by atoms with Gasteiger partial charge in [-0.3, -0.25) is 0 Å². The lowest BCUT2D eigenvalue weighted by atomic mass is 10.0. The molecular weight excluding hydrogens is 236 g/mol. The van der Waals surface area contributed by atoms with Crippen LogP contribution in [0.4, 0.5) is 4.79 Å². The number of methoxy groups -OCH3 is 1. The summed E-state index contributed by atoms with van der Waals surface area (Å²) >= 11 is 1.89. The monoisotopic (exact) mass is 258 g/mol.